The van der Waals surface area contributed by atoms with Gasteiger partial charge in [-0.15, -0.1) is 0 Å². The molecule has 0 saturated carbocycles. The van der Waals surface area contributed by atoms with Gasteiger partial charge >= 0.3 is 5.69 Å². The van der Waals surface area contributed by atoms with Gasteiger partial charge in [-0.3, -0.25) is 14.9 Å². The lowest BCUT2D eigenvalue weighted by molar-refractivity contribution is -0.384. The summed E-state index contributed by atoms with van der Waals surface area (Å²) < 4.78 is 0. The highest BCUT2D eigenvalue weighted by atomic mass is 16.6. The number of carbonyl (C=O) groups excluding carboxylic acids is 1. The maximum absolute atomic E-state index is 12.6. The van der Waals surface area contributed by atoms with Crippen molar-refractivity contribution in [3.63, 3.8) is 0 Å². The van der Waals surface area contributed by atoms with Crippen LogP contribution in [0.1, 0.15) is 23.1 Å². The Bertz CT molecular complexity index is 889. The fourth-order valence-corrected chi connectivity index (χ4v) is 2.94. The molecule has 1 unspecified atom stereocenters. The molecule has 1 aromatic heterocycles. The number of hydrogen-bond donors (Lipinski definition) is 1. The minimum atomic E-state index is -0.655. The summed E-state index contributed by atoms with van der Waals surface area (Å²) in [6, 6.07) is 10.4. The molecule has 8 heteroatoms. The van der Waals surface area contributed by atoms with Crippen molar-refractivity contribution in [1.82, 2.24) is 9.88 Å². The second kappa shape index (κ2) is 7.19. The maximum Gasteiger partial charge on any atom is 0.328 e. The molecule has 1 atom stereocenters. The molecule has 132 valence electrons. The van der Waals surface area contributed by atoms with Crippen LogP contribution in [0.25, 0.3) is 0 Å². The number of benzene rings is 1. The fourth-order valence-electron chi connectivity index (χ4n) is 2.94. The molecule has 1 aliphatic rings. The van der Waals surface area contributed by atoms with Gasteiger partial charge in [-0.05, 0) is 25.0 Å². The zero-order chi connectivity index (χ0) is 18.7. The van der Waals surface area contributed by atoms with Crippen LogP contribution in [0.2, 0.25) is 0 Å². The number of pyridine rings is 1. The van der Waals surface area contributed by atoms with Crippen LogP contribution in [0.4, 0.5) is 11.5 Å². The summed E-state index contributed by atoms with van der Waals surface area (Å²) in [5.41, 5.74) is 1.69. The molecule has 1 aliphatic heterocycles. The lowest BCUT2D eigenvalue weighted by Gasteiger charge is -2.17. The number of carbonyl (C=O) groups is 1. The molecular weight excluding hydrogens is 334 g/mol. The molecule has 0 spiro atoms. The van der Waals surface area contributed by atoms with E-state index < -0.39 is 16.7 Å². The van der Waals surface area contributed by atoms with Gasteiger partial charge in [-0.2, -0.15) is 5.26 Å². The number of rotatable bonds is 5. The van der Waals surface area contributed by atoms with E-state index in [4.69, 9.17) is 5.26 Å². The predicted molar refractivity (Wildman–Crippen MR) is 94.2 cm³/mol. The summed E-state index contributed by atoms with van der Waals surface area (Å²) in [4.78, 5) is 28.9. The minimum Gasteiger partial charge on any atom is -0.353 e. The van der Waals surface area contributed by atoms with E-state index in [0.717, 1.165) is 11.1 Å². The van der Waals surface area contributed by atoms with Crippen LogP contribution >= 0.6 is 0 Å². The number of aromatic nitrogens is 1. The van der Waals surface area contributed by atoms with Gasteiger partial charge in [-0.25, -0.2) is 4.98 Å². The SMILES string of the molecule is Cc1ccc(CN2CCC(Nc3nccc(C#N)c3[N+](=O)[O-])C2=O)cc1. The normalized spacial score (nSPS) is 16.4. The zero-order valence-electron chi connectivity index (χ0n) is 14.2. The van der Waals surface area contributed by atoms with Crippen molar-refractivity contribution in [3.05, 3.63) is 63.3 Å². The molecule has 1 amide bonds. The lowest BCUT2D eigenvalue weighted by Crippen LogP contribution is -2.33. The highest BCUT2D eigenvalue weighted by molar-refractivity contribution is 5.87. The smallest absolute Gasteiger partial charge is 0.328 e. The molecule has 0 aliphatic carbocycles. The highest BCUT2D eigenvalue weighted by Crippen LogP contribution is 2.28. The quantitative estimate of drug-likeness (QED) is 0.654. The van der Waals surface area contributed by atoms with Crippen LogP contribution in [-0.2, 0) is 11.3 Å². The van der Waals surface area contributed by atoms with E-state index in [-0.39, 0.29) is 17.3 Å². The van der Waals surface area contributed by atoms with Gasteiger partial charge in [0.25, 0.3) is 0 Å². The van der Waals surface area contributed by atoms with E-state index in [0.29, 0.717) is 19.5 Å². The van der Waals surface area contributed by atoms with E-state index >= 15 is 0 Å². The van der Waals surface area contributed by atoms with Crippen LogP contribution < -0.4 is 5.32 Å². The van der Waals surface area contributed by atoms with Crippen molar-refractivity contribution in [2.24, 2.45) is 0 Å². The van der Waals surface area contributed by atoms with Crippen molar-refractivity contribution in [1.29, 1.82) is 5.26 Å². The number of nitro groups is 1. The first kappa shape index (κ1) is 17.4. The van der Waals surface area contributed by atoms with Gasteiger partial charge in [-0.1, -0.05) is 29.8 Å². The Balaban J connectivity index is 1.74. The zero-order valence-corrected chi connectivity index (χ0v) is 14.2. The Morgan fingerprint density at radius 3 is 2.77 bits per heavy atom. The molecule has 2 heterocycles. The Hall–Kier alpha value is -3.47. The third-order valence-electron chi connectivity index (χ3n) is 4.33. The van der Waals surface area contributed by atoms with E-state index in [1.165, 1.54) is 12.3 Å². The van der Waals surface area contributed by atoms with Crippen LogP contribution in [-0.4, -0.2) is 33.3 Å². The van der Waals surface area contributed by atoms with Crippen molar-refractivity contribution in [2.75, 3.05) is 11.9 Å². The van der Waals surface area contributed by atoms with E-state index in [1.54, 1.807) is 11.0 Å². The van der Waals surface area contributed by atoms with Crippen LogP contribution in [0.3, 0.4) is 0 Å². The largest absolute Gasteiger partial charge is 0.353 e. The third kappa shape index (κ3) is 3.47. The first-order chi connectivity index (χ1) is 12.5. The molecule has 1 N–H and O–H groups in total. The van der Waals surface area contributed by atoms with Gasteiger partial charge in [0.2, 0.25) is 11.7 Å². The maximum atomic E-state index is 12.6. The molecule has 0 radical (unpaired) electrons. The standard InChI is InChI=1S/C18H17N5O3/c1-12-2-4-13(5-3-12)11-22-9-7-15(18(22)24)21-17-16(23(25)26)14(10-19)6-8-20-17/h2-6,8,15H,7,9,11H2,1H3,(H,20,21). The van der Waals surface area contributed by atoms with Crippen LogP contribution in [0.15, 0.2) is 36.5 Å². The molecule has 2 aromatic rings. The Labute approximate surface area is 150 Å². The van der Waals surface area contributed by atoms with Gasteiger partial charge < -0.3 is 10.2 Å². The van der Waals surface area contributed by atoms with Crippen LogP contribution in [0, 0.1) is 28.4 Å². The molecule has 1 fully saturated rings. The van der Waals surface area contributed by atoms with Gasteiger partial charge in [0.1, 0.15) is 17.7 Å². The van der Waals surface area contributed by atoms with Crippen molar-refractivity contribution in [2.45, 2.75) is 25.9 Å². The van der Waals surface area contributed by atoms with Gasteiger partial charge in [0.15, 0.2) is 0 Å². The predicted octanol–water partition coefficient (Wildman–Crippen LogP) is 2.38. The Morgan fingerprint density at radius 1 is 1.38 bits per heavy atom. The topological polar surface area (TPSA) is 112 Å². The number of nitrogens with zero attached hydrogens (tertiary/aromatic N) is 4. The summed E-state index contributed by atoms with van der Waals surface area (Å²) in [5, 5.41) is 23.2. The fraction of sp³-hybridized carbons (Fsp3) is 0.278. The Morgan fingerprint density at radius 2 is 2.12 bits per heavy atom. The number of aryl methyl sites for hydroxylation is 1. The number of nitriles is 1. The molecule has 26 heavy (non-hydrogen) atoms. The number of hydrogen-bond acceptors (Lipinski definition) is 6. The van der Waals surface area contributed by atoms with Crippen LogP contribution in [0.5, 0.6) is 0 Å². The van der Waals surface area contributed by atoms with E-state index in [1.807, 2.05) is 31.2 Å². The molecule has 8 nitrogen and oxygen atoms in total. The Kier molecular flexibility index (Phi) is 4.80. The molecular formula is C18H17N5O3. The lowest BCUT2D eigenvalue weighted by atomic mass is 10.1. The summed E-state index contributed by atoms with van der Waals surface area (Å²) >= 11 is 0. The molecule has 1 aromatic carbocycles. The van der Waals surface area contributed by atoms with Gasteiger partial charge in [0, 0.05) is 19.3 Å². The minimum absolute atomic E-state index is 0.0513. The van der Waals surface area contributed by atoms with Crippen molar-refractivity contribution < 1.29 is 9.72 Å². The van der Waals surface area contributed by atoms with Crippen molar-refractivity contribution >= 4 is 17.4 Å². The number of likely N-dealkylation sites (tertiary alicyclic amines) is 1. The average molecular weight is 351 g/mol. The second-order valence-corrected chi connectivity index (χ2v) is 6.16. The van der Waals surface area contributed by atoms with E-state index in [2.05, 4.69) is 10.3 Å². The first-order valence-corrected chi connectivity index (χ1v) is 8.14. The summed E-state index contributed by atoms with van der Waals surface area (Å²) in [6.45, 7) is 3.04. The molecule has 0 bridgehead atoms. The third-order valence-corrected chi connectivity index (χ3v) is 4.33. The van der Waals surface area contributed by atoms with E-state index in [9.17, 15) is 14.9 Å². The second-order valence-electron chi connectivity index (χ2n) is 6.16. The summed E-state index contributed by atoms with van der Waals surface area (Å²) in [6.07, 6.45) is 1.83. The number of nitrogens with one attached hydrogen (secondary N) is 1. The molecule has 1 saturated heterocycles. The monoisotopic (exact) mass is 351 g/mol. The number of amides is 1. The number of anilines is 1. The average Bonchev–Trinajstić information content (AvgIpc) is 2.96. The summed E-state index contributed by atoms with van der Waals surface area (Å²) in [5.74, 6) is -0.186. The first-order valence-electron chi connectivity index (χ1n) is 8.14. The highest BCUT2D eigenvalue weighted by Gasteiger charge is 2.34. The molecule has 3 rings (SSSR count). The summed E-state index contributed by atoms with van der Waals surface area (Å²) in [7, 11) is 0. The van der Waals surface area contributed by atoms with Gasteiger partial charge in [0.05, 0.1) is 4.92 Å². The van der Waals surface area contributed by atoms with Crippen molar-refractivity contribution in [3.8, 4) is 6.07 Å².